The Kier molecular flexibility index (Phi) is 19.2. The number of esters is 3. The molecular formula is C60H83NO18. The van der Waals surface area contributed by atoms with E-state index in [4.69, 9.17) is 52.1 Å². The van der Waals surface area contributed by atoms with E-state index in [1.165, 1.54) is 33.3 Å². The van der Waals surface area contributed by atoms with E-state index in [-0.39, 0.29) is 37.4 Å². The van der Waals surface area contributed by atoms with Crippen molar-refractivity contribution in [3.8, 4) is 0 Å². The molecule has 1 unspecified atom stereocenters. The molecule has 2 heterocycles. The molecular weight excluding hydrogens is 1020 g/mol. The topological polar surface area (TPSA) is 236 Å². The molecule has 4 fully saturated rings. The number of nitrogens with one attached hydrogen (secondary N) is 1. The molecule has 79 heavy (non-hydrogen) atoms. The van der Waals surface area contributed by atoms with Crippen molar-refractivity contribution in [1.82, 2.24) is 5.32 Å². The van der Waals surface area contributed by atoms with Gasteiger partial charge in [-0.25, -0.2) is 19.2 Å². The van der Waals surface area contributed by atoms with Crippen molar-refractivity contribution in [1.29, 1.82) is 0 Å². The Morgan fingerprint density at radius 3 is 2.06 bits per heavy atom. The molecule has 2 bridgehead atoms. The van der Waals surface area contributed by atoms with Crippen LogP contribution in [-0.2, 0) is 66.5 Å². The van der Waals surface area contributed by atoms with Gasteiger partial charge in [-0.3, -0.25) is 9.59 Å². The fourth-order valence-corrected chi connectivity index (χ4v) is 12.8. The van der Waals surface area contributed by atoms with E-state index < -0.39 is 130 Å². The summed E-state index contributed by atoms with van der Waals surface area (Å²) in [5.41, 5.74) is -7.34. The predicted molar refractivity (Wildman–Crippen MR) is 285 cm³/mol. The lowest BCUT2D eigenvalue weighted by atomic mass is 9.44. The molecule has 0 aromatic heterocycles. The second-order valence-corrected chi connectivity index (χ2v) is 23.5. The first-order chi connectivity index (χ1) is 37.3. The highest BCUT2D eigenvalue weighted by atomic mass is 16.8. The van der Waals surface area contributed by atoms with Gasteiger partial charge >= 0.3 is 30.2 Å². The van der Waals surface area contributed by atoms with E-state index in [9.17, 15) is 24.3 Å². The average Bonchev–Trinajstić information content (AvgIpc) is 3.65. The van der Waals surface area contributed by atoms with Crippen LogP contribution in [-0.4, -0.2) is 140 Å². The number of ketones is 1. The minimum Gasteiger partial charge on any atom is -0.455 e. The first kappa shape index (κ1) is 61.2. The third kappa shape index (κ3) is 12.4. The molecule has 2 aromatic carbocycles. The first-order valence-electron chi connectivity index (χ1n) is 27.9. The number of carbonyl (C=O) groups excluding carboxylic acids is 6. The zero-order valence-electron chi connectivity index (χ0n) is 48.0. The maximum absolute atomic E-state index is 15.9. The standard InChI is InChI=1S/C60H83NO18/c1-13-15-23-29-58(30-24-16-14-2)73-34-40(78-58)33-71-54(67)75-47(45(38-25-19-17-20-26-38)61-53(66)79-55(5,6)7)52(65)74-41-32-60(68)50(76-51(64)39-27-21-18-22-28-39)48-57(10,49(63)46(70-12)44(36(41)3)56(60,8)9)42(69-11)31-43-59(48,35-72-43)77-37(4)62/h17-22,25-28,40-43,45-48,50,68H,13-16,23-24,29-35H2,1-12H3,(H,61,66)/t40?,41-,42-,43+,45-,46+,47+,48-,50-,57+,59-,60+/m0/s1. The van der Waals surface area contributed by atoms with Gasteiger partial charge in [0.15, 0.2) is 17.2 Å². The number of methoxy groups -OCH3 is 2. The van der Waals surface area contributed by atoms with Gasteiger partial charge in [0, 0.05) is 52.2 Å². The molecule has 2 saturated carbocycles. The molecule has 1 amide bonds. The molecule has 19 heteroatoms. The molecule has 12 atom stereocenters. The third-order valence-electron chi connectivity index (χ3n) is 16.9. The fourth-order valence-electron chi connectivity index (χ4n) is 12.8. The van der Waals surface area contributed by atoms with E-state index in [0.29, 0.717) is 24.0 Å². The summed E-state index contributed by atoms with van der Waals surface area (Å²) in [7, 11) is 2.77. The summed E-state index contributed by atoms with van der Waals surface area (Å²) in [6.45, 7) is 16.7. The molecule has 2 N–H and O–H groups in total. The van der Waals surface area contributed by atoms with Crippen LogP contribution in [0.2, 0.25) is 0 Å². The number of unbranched alkanes of at least 4 members (excludes halogenated alkanes) is 4. The summed E-state index contributed by atoms with van der Waals surface area (Å²) in [6, 6.07) is 14.9. The van der Waals surface area contributed by atoms with Crippen LogP contribution < -0.4 is 5.32 Å². The molecule has 0 radical (unpaired) electrons. The van der Waals surface area contributed by atoms with Gasteiger partial charge in [-0.15, -0.1) is 0 Å². The minimum atomic E-state index is -2.32. The maximum Gasteiger partial charge on any atom is 0.509 e. The lowest BCUT2D eigenvalue weighted by Gasteiger charge is -2.67. The molecule has 0 spiro atoms. The monoisotopic (exact) mass is 1110 g/mol. The van der Waals surface area contributed by atoms with Crippen LogP contribution in [0.5, 0.6) is 0 Å². The number of aliphatic hydroxyl groups is 1. The lowest BCUT2D eigenvalue weighted by molar-refractivity contribution is -0.347. The SMILES string of the molecule is CCCCCC1(CCCCC)OCC(COC(=O)O[C@@H](C(=O)O[C@H]2C[C@@]3(O)[C@@H](OC(=O)c4ccccc4)[C@@H]4[C@]5(OC(C)=O)CO[C@@H]5C[C@H](OC)[C@@]4(C)C(=O)[C@H](OC)C(=C2C)C3(C)C)[C@@H](NC(=O)OC(C)(C)C)c2ccccc2)O1. The summed E-state index contributed by atoms with van der Waals surface area (Å²) in [6.07, 6.45) is -4.71. The molecule has 2 saturated heterocycles. The van der Waals surface area contributed by atoms with Crippen molar-refractivity contribution >= 4 is 35.9 Å². The Balaban J connectivity index is 1.32. The van der Waals surface area contributed by atoms with Gasteiger partial charge in [-0.1, -0.05) is 102 Å². The number of amides is 1. The number of hydrogen-bond donors (Lipinski definition) is 2. The van der Waals surface area contributed by atoms with E-state index in [2.05, 4.69) is 19.2 Å². The van der Waals surface area contributed by atoms with Gasteiger partial charge in [-0.05, 0) is 76.3 Å². The molecule has 7 rings (SSSR count). The highest BCUT2D eigenvalue weighted by molar-refractivity contribution is 5.94. The van der Waals surface area contributed by atoms with Gasteiger partial charge in [0.25, 0.3) is 0 Å². The summed E-state index contributed by atoms with van der Waals surface area (Å²) in [5.74, 6) is -5.56. The Morgan fingerprint density at radius 1 is 0.873 bits per heavy atom. The van der Waals surface area contributed by atoms with E-state index >= 15 is 9.59 Å². The van der Waals surface area contributed by atoms with E-state index in [1.54, 1.807) is 97.0 Å². The number of hydrogen-bond acceptors (Lipinski definition) is 18. The Bertz CT molecular complexity index is 2520. The largest absolute Gasteiger partial charge is 0.509 e. The summed E-state index contributed by atoms with van der Waals surface area (Å²) >= 11 is 0. The Hall–Kier alpha value is -5.44. The molecule has 2 aliphatic heterocycles. The number of ether oxygens (including phenoxy) is 11. The van der Waals surface area contributed by atoms with Crippen molar-refractivity contribution in [2.45, 2.75) is 205 Å². The normalized spacial score (nSPS) is 30.4. The average molecular weight is 1110 g/mol. The fraction of sp³-hybridized carbons (Fsp3) is 0.667. The van der Waals surface area contributed by atoms with Crippen molar-refractivity contribution in [2.24, 2.45) is 16.7 Å². The highest BCUT2D eigenvalue weighted by Gasteiger charge is 2.78. The summed E-state index contributed by atoms with van der Waals surface area (Å²) in [4.78, 5) is 87.2. The van der Waals surface area contributed by atoms with Crippen molar-refractivity contribution in [2.75, 3.05) is 34.0 Å². The summed E-state index contributed by atoms with van der Waals surface area (Å²) in [5, 5.41) is 16.8. The van der Waals surface area contributed by atoms with Crippen LogP contribution in [0.3, 0.4) is 0 Å². The van der Waals surface area contributed by atoms with Gasteiger partial charge in [0.2, 0.25) is 6.10 Å². The third-order valence-corrected chi connectivity index (χ3v) is 16.9. The number of carbonyl (C=O) groups is 6. The van der Waals surface area contributed by atoms with Crippen LogP contribution in [0, 0.1) is 16.7 Å². The Labute approximate surface area is 464 Å². The van der Waals surface area contributed by atoms with Crippen molar-refractivity contribution in [3.63, 3.8) is 0 Å². The maximum atomic E-state index is 15.9. The molecule has 2 aromatic rings. The Morgan fingerprint density at radius 2 is 1.51 bits per heavy atom. The van der Waals surface area contributed by atoms with Crippen LogP contribution in [0.15, 0.2) is 71.8 Å². The first-order valence-corrected chi connectivity index (χ1v) is 27.9. The van der Waals surface area contributed by atoms with Gasteiger partial charge in [-0.2, -0.15) is 0 Å². The van der Waals surface area contributed by atoms with Gasteiger partial charge in [0.05, 0.1) is 36.2 Å². The molecule has 5 aliphatic rings. The summed E-state index contributed by atoms with van der Waals surface area (Å²) < 4.78 is 67.9. The number of benzene rings is 2. The van der Waals surface area contributed by atoms with Crippen LogP contribution in [0.25, 0.3) is 0 Å². The van der Waals surface area contributed by atoms with Crippen molar-refractivity contribution < 1.29 is 86.0 Å². The zero-order chi connectivity index (χ0) is 57.7. The number of rotatable bonds is 21. The number of fused-ring (bicyclic) bond motifs is 5. The quantitative estimate of drug-likeness (QED) is 0.0513. The highest BCUT2D eigenvalue weighted by Crippen LogP contribution is 2.65. The van der Waals surface area contributed by atoms with Gasteiger partial charge in [0.1, 0.15) is 54.4 Å². The van der Waals surface area contributed by atoms with Crippen LogP contribution >= 0.6 is 0 Å². The van der Waals surface area contributed by atoms with E-state index in [1.807, 2.05) is 0 Å². The number of Topliss-reactive ketones (excluding diaryl/α,β-unsaturated/α-hetero) is 1. The molecule has 3 aliphatic carbocycles. The predicted octanol–water partition coefficient (Wildman–Crippen LogP) is 9.00. The lowest BCUT2D eigenvalue weighted by Crippen LogP contribution is -2.82. The van der Waals surface area contributed by atoms with E-state index in [0.717, 1.165) is 38.5 Å². The minimum absolute atomic E-state index is 0.0858. The van der Waals surface area contributed by atoms with Gasteiger partial charge < -0.3 is 62.5 Å². The van der Waals surface area contributed by atoms with Crippen molar-refractivity contribution in [3.05, 3.63) is 82.9 Å². The second kappa shape index (κ2) is 24.7. The zero-order valence-corrected chi connectivity index (χ0v) is 48.0. The second-order valence-electron chi connectivity index (χ2n) is 23.5. The van der Waals surface area contributed by atoms with Crippen LogP contribution in [0.1, 0.15) is 155 Å². The molecule has 19 nitrogen and oxygen atoms in total. The molecule has 436 valence electrons. The number of alkyl carbamates (subject to hydrolysis) is 1. The van der Waals surface area contributed by atoms with Crippen LogP contribution in [0.4, 0.5) is 9.59 Å². The smallest absolute Gasteiger partial charge is 0.455 e.